The third-order valence-electron chi connectivity index (χ3n) is 3.07. The van der Waals surface area contributed by atoms with Gasteiger partial charge in [-0.25, -0.2) is 0 Å². The topological polar surface area (TPSA) is 49.3 Å². The lowest BCUT2D eigenvalue weighted by Crippen LogP contribution is -2.25. The molecule has 3 heteroatoms. The highest BCUT2D eigenvalue weighted by molar-refractivity contribution is 5.75. The van der Waals surface area contributed by atoms with E-state index < -0.39 is 0 Å². The Morgan fingerprint density at radius 2 is 1.88 bits per heavy atom. The van der Waals surface area contributed by atoms with E-state index in [1.165, 1.54) is 32.1 Å². The molecule has 0 aromatic rings. The molecular formula is C14H29NO2. The van der Waals surface area contributed by atoms with Crippen molar-refractivity contribution in [3.63, 3.8) is 0 Å². The van der Waals surface area contributed by atoms with Gasteiger partial charge in [-0.1, -0.05) is 52.4 Å². The van der Waals surface area contributed by atoms with Gasteiger partial charge in [-0.2, -0.15) is 0 Å². The molecule has 0 bridgehead atoms. The van der Waals surface area contributed by atoms with Crippen molar-refractivity contribution < 1.29 is 9.90 Å². The van der Waals surface area contributed by atoms with Crippen LogP contribution >= 0.6 is 0 Å². The second-order valence-corrected chi connectivity index (χ2v) is 4.92. The van der Waals surface area contributed by atoms with Crippen molar-refractivity contribution in [2.75, 3.05) is 13.2 Å². The largest absolute Gasteiger partial charge is 0.395 e. The van der Waals surface area contributed by atoms with Crippen LogP contribution in [0.3, 0.4) is 0 Å². The van der Waals surface area contributed by atoms with Gasteiger partial charge in [0.1, 0.15) is 0 Å². The maximum Gasteiger partial charge on any atom is 0.220 e. The second kappa shape index (κ2) is 11.9. The number of carbonyl (C=O) groups is 1. The van der Waals surface area contributed by atoms with Crippen LogP contribution in [0.1, 0.15) is 65.2 Å². The van der Waals surface area contributed by atoms with E-state index in [0.717, 1.165) is 18.8 Å². The highest BCUT2D eigenvalue weighted by atomic mass is 16.3. The third kappa shape index (κ3) is 11.7. The van der Waals surface area contributed by atoms with E-state index in [-0.39, 0.29) is 12.5 Å². The summed E-state index contributed by atoms with van der Waals surface area (Å²) in [6, 6.07) is 0. The zero-order chi connectivity index (χ0) is 12.9. The molecule has 0 aliphatic heterocycles. The Morgan fingerprint density at radius 1 is 1.18 bits per heavy atom. The van der Waals surface area contributed by atoms with Gasteiger partial charge in [0.2, 0.25) is 5.91 Å². The number of aliphatic hydroxyl groups is 1. The van der Waals surface area contributed by atoms with E-state index in [2.05, 4.69) is 19.2 Å². The molecule has 0 aliphatic carbocycles. The van der Waals surface area contributed by atoms with Gasteiger partial charge in [0.15, 0.2) is 0 Å². The molecule has 0 aromatic heterocycles. The summed E-state index contributed by atoms with van der Waals surface area (Å²) in [5.74, 6) is 0.922. The molecule has 0 saturated heterocycles. The Kier molecular flexibility index (Phi) is 11.5. The predicted octanol–water partition coefficient (Wildman–Crippen LogP) is 2.87. The van der Waals surface area contributed by atoms with Crippen molar-refractivity contribution >= 4 is 5.91 Å². The summed E-state index contributed by atoms with van der Waals surface area (Å²) in [6.07, 6.45) is 9.19. The number of hydrogen-bond donors (Lipinski definition) is 2. The fraction of sp³-hybridized carbons (Fsp3) is 0.929. The summed E-state index contributed by atoms with van der Waals surface area (Å²) in [6.45, 7) is 4.97. The number of hydrogen-bond acceptors (Lipinski definition) is 2. The number of carbonyl (C=O) groups excluding carboxylic acids is 1. The maximum absolute atomic E-state index is 11.2. The summed E-state index contributed by atoms with van der Waals surface area (Å²) in [7, 11) is 0. The van der Waals surface area contributed by atoms with E-state index in [0.29, 0.717) is 13.0 Å². The van der Waals surface area contributed by atoms with Gasteiger partial charge in [0.05, 0.1) is 6.61 Å². The average molecular weight is 243 g/mol. The highest BCUT2D eigenvalue weighted by Crippen LogP contribution is 2.15. The molecule has 1 amide bonds. The number of aliphatic hydroxyl groups excluding tert-OH is 1. The van der Waals surface area contributed by atoms with Crippen LogP contribution in [0.25, 0.3) is 0 Å². The van der Waals surface area contributed by atoms with Crippen LogP contribution in [0.5, 0.6) is 0 Å². The molecular weight excluding hydrogens is 214 g/mol. The number of nitrogens with one attached hydrogen (secondary N) is 1. The number of amides is 1. The Morgan fingerprint density at radius 3 is 2.53 bits per heavy atom. The maximum atomic E-state index is 11.2. The SMILES string of the molecule is CCCC(C)CCCCCCC(=O)NCCO. The molecule has 0 aliphatic rings. The summed E-state index contributed by atoms with van der Waals surface area (Å²) in [5.41, 5.74) is 0. The first kappa shape index (κ1) is 16.4. The molecule has 2 N–H and O–H groups in total. The molecule has 0 spiro atoms. The van der Waals surface area contributed by atoms with Crippen LogP contribution in [0.15, 0.2) is 0 Å². The molecule has 0 aromatic carbocycles. The Hall–Kier alpha value is -0.570. The van der Waals surface area contributed by atoms with Crippen LogP contribution in [0, 0.1) is 5.92 Å². The zero-order valence-corrected chi connectivity index (χ0v) is 11.5. The first-order valence-corrected chi connectivity index (χ1v) is 7.08. The summed E-state index contributed by atoms with van der Waals surface area (Å²) in [4.78, 5) is 11.2. The van der Waals surface area contributed by atoms with Gasteiger partial charge >= 0.3 is 0 Å². The smallest absolute Gasteiger partial charge is 0.220 e. The van der Waals surface area contributed by atoms with Gasteiger partial charge < -0.3 is 10.4 Å². The van der Waals surface area contributed by atoms with Crippen molar-refractivity contribution in [1.82, 2.24) is 5.32 Å². The monoisotopic (exact) mass is 243 g/mol. The molecule has 0 heterocycles. The van der Waals surface area contributed by atoms with Crippen molar-refractivity contribution in [2.24, 2.45) is 5.92 Å². The normalized spacial score (nSPS) is 12.4. The molecule has 1 atom stereocenters. The van der Waals surface area contributed by atoms with Crippen LogP contribution in [0.2, 0.25) is 0 Å². The van der Waals surface area contributed by atoms with Crippen LogP contribution in [-0.4, -0.2) is 24.2 Å². The van der Waals surface area contributed by atoms with Crippen LogP contribution < -0.4 is 5.32 Å². The van der Waals surface area contributed by atoms with Crippen molar-refractivity contribution in [3.05, 3.63) is 0 Å². The van der Waals surface area contributed by atoms with Gasteiger partial charge in [-0.3, -0.25) is 4.79 Å². The van der Waals surface area contributed by atoms with Gasteiger partial charge in [-0.05, 0) is 12.3 Å². The van der Waals surface area contributed by atoms with Crippen molar-refractivity contribution in [2.45, 2.75) is 65.2 Å². The van der Waals surface area contributed by atoms with Crippen LogP contribution in [-0.2, 0) is 4.79 Å². The number of unbranched alkanes of at least 4 members (excludes halogenated alkanes) is 3. The lowest BCUT2D eigenvalue weighted by Gasteiger charge is -2.09. The molecule has 0 saturated carbocycles. The standard InChI is InChI=1S/C14H29NO2/c1-3-8-13(2)9-6-4-5-7-10-14(17)15-11-12-16/h13,16H,3-12H2,1-2H3,(H,15,17). The molecule has 0 rings (SSSR count). The summed E-state index contributed by atoms with van der Waals surface area (Å²) >= 11 is 0. The van der Waals surface area contributed by atoms with Crippen molar-refractivity contribution in [3.8, 4) is 0 Å². The van der Waals surface area contributed by atoms with E-state index in [1.54, 1.807) is 0 Å². The lowest BCUT2D eigenvalue weighted by atomic mass is 9.98. The molecule has 17 heavy (non-hydrogen) atoms. The summed E-state index contributed by atoms with van der Waals surface area (Å²) < 4.78 is 0. The number of rotatable bonds is 11. The quantitative estimate of drug-likeness (QED) is 0.548. The molecule has 102 valence electrons. The molecule has 1 unspecified atom stereocenters. The van der Waals surface area contributed by atoms with Gasteiger partial charge in [0.25, 0.3) is 0 Å². The molecule has 0 radical (unpaired) electrons. The first-order chi connectivity index (χ1) is 8.20. The lowest BCUT2D eigenvalue weighted by molar-refractivity contribution is -0.121. The Balaban J connectivity index is 3.20. The van der Waals surface area contributed by atoms with Crippen LogP contribution in [0.4, 0.5) is 0 Å². The highest BCUT2D eigenvalue weighted by Gasteiger charge is 2.02. The Labute approximate surface area is 106 Å². The zero-order valence-electron chi connectivity index (χ0n) is 11.5. The van der Waals surface area contributed by atoms with Crippen molar-refractivity contribution in [1.29, 1.82) is 0 Å². The van der Waals surface area contributed by atoms with E-state index >= 15 is 0 Å². The average Bonchev–Trinajstić information content (AvgIpc) is 2.31. The summed E-state index contributed by atoms with van der Waals surface area (Å²) in [5, 5.41) is 11.2. The minimum atomic E-state index is 0.0288. The first-order valence-electron chi connectivity index (χ1n) is 7.08. The van der Waals surface area contributed by atoms with E-state index in [1.807, 2.05) is 0 Å². The minimum Gasteiger partial charge on any atom is -0.395 e. The third-order valence-corrected chi connectivity index (χ3v) is 3.07. The van der Waals surface area contributed by atoms with E-state index in [9.17, 15) is 4.79 Å². The fourth-order valence-corrected chi connectivity index (χ4v) is 2.05. The van der Waals surface area contributed by atoms with Gasteiger partial charge in [0, 0.05) is 13.0 Å². The van der Waals surface area contributed by atoms with Gasteiger partial charge in [-0.15, -0.1) is 0 Å². The Bertz CT molecular complexity index is 183. The predicted molar refractivity (Wildman–Crippen MR) is 71.9 cm³/mol. The molecule has 3 nitrogen and oxygen atoms in total. The minimum absolute atomic E-state index is 0.0288. The van der Waals surface area contributed by atoms with E-state index in [4.69, 9.17) is 5.11 Å². The fourth-order valence-electron chi connectivity index (χ4n) is 2.05. The molecule has 0 fully saturated rings. The second-order valence-electron chi connectivity index (χ2n) is 4.92.